The number of carbonyl (C=O) groups excluding carboxylic acids is 2. The fourth-order valence-electron chi connectivity index (χ4n) is 3.61. The SMILES string of the molecule is COC(=O)c1ccc(OCC(=O)c2cc3c(cc2Br)C(C)(C)CCC3)c(I)c1. The molecule has 0 unspecified atom stereocenters. The van der Waals surface area contributed by atoms with Crippen LogP contribution in [-0.4, -0.2) is 25.5 Å². The van der Waals surface area contributed by atoms with Crippen LogP contribution in [0.3, 0.4) is 0 Å². The average Bonchev–Trinajstić information content (AvgIpc) is 2.66. The first-order valence-corrected chi connectivity index (χ1v) is 11.0. The molecule has 148 valence electrons. The smallest absolute Gasteiger partial charge is 0.337 e. The van der Waals surface area contributed by atoms with E-state index in [-0.39, 0.29) is 17.8 Å². The Morgan fingerprint density at radius 3 is 2.64 bits per heavy atom. The molecule has 0 bridgehead atoms. The molecule has 0 spiro atoms. The lowest BCUT2D eigenvalue weighted by atomic mass is 9.72. The number of hydrogen-bond donors (Lipinski definition) is 0. The van der Waals surface area contributed by atoms with E-state index in [1.54, 1.807) is 18.2 Å². The fourth-order valence-corrected chi connectivity index (χ4v) is 4.84. The second kappa shape index (κ2) is 8.53. The minimum absolute atomic E-state index is 0.0612. The molecular formula is C22H22BrIO4. The number of halogens is 2. The van der Waals surface area contributed by atoms with Crippen molar-refractivity contribution in [3.63, 3.8) is 0 Å². The summed E-state index contributed by atoms with van der Waals surface area (Å²) < 4.78 is 12.0. The number of rotatable bonds is 5. The molecule has 28 heavy (non-hydrogen) atoms. The Balaban J connectivity index is 1.76. The van der Waals surface area contributed by atoms with Gasteiger partial charge in [0.25, 0.3) is 0 Å². The molecule has 0 saturated heterocycles. The average molecular weight is 557 g/mol. The molecular weight excluding hydrogens is 535 g/mol. The zero-order chi connectivity index (χ0) is 20.5. The van der Waals surface area contributed by atoms with Crippen molar-refractivity contribution in [3.8, 4) is 5.75 Å². The summed E-state index contributed by atoms with van der Waals surface area (Å²) >= 11 is 5.65. The van der Waals surface area contributed by atoms with E-state index in [9.17, 15) is 9.59 Å². The van der Waals surface area contributed by atoms with E-state index < -0.39 is 5.97 Å². The van der Waals surface area contributed by atoms with Crippen molar-refractivity contribution in [1.29, 1.82) is 0 Å². The lowest BCUT2D eigenvalue weighted by Gasteiger charge is -2.33. The minimum Gasteiger partial charge on any atom is -0.484 e. The van der Waals surface area contributed by atoms with Crippen LogP contribution in [0.4, 0.5) is 0 Å². The van der Waals surface area contributed by atoms with Gasteiger partial charge in [-0.25, -0.2) is 4.79 Å². The Bertz CT molecular complexity index is 936. The summed E-state index contributed by atoms with van der Waals surface area (Å²) in [5.74, 6) is 0.0872. The second-order valence-corrected chi connectivity index (χ2v) is 9.59. The van der Waals surface area contributed by atoms with Crippen LogP contribution in [-0.2, 0) is 16.6 Å². The molecule has 0 atom stereocenters. The molecule has 6 heteroatoms. The van der Waals surface area contributed by atoms with Crippen molar-refractivity contribution in [2.45, 2.75) is 38.5 Å². The van der Waals surface area contributed by atoms with Crippen LogP contribution in [0.25, 0.3) is 0 Å². The number of benzene rings is 2. The van der Waals surface area contributed by atoms with Crippen LogP contribution < -0.4 is 4.74 Å². The first-order chi connectivity index (χ1) is 13.2. The number of hydrogen-bond acceptors (Lipinski definition) is 4. The maximum absolute atomic E-state index is 12.8. The van der Waals surface area contributed by atoms with Gasteiger partial charge in [-0.1, -0.05) is 29.8 Å². The lowest BCUT2D eigenvalue weighted by Crippen LogP contribution is -2.24. The highest BCUT2D eigenvalue weighted by Crippen LogP contribution is 2.39. The second-order valence-electron chi connectivity index (χ2n) is 7.58. The van der Waals surface area contributed by atoms with Gasteiger partial charge in [0, 0.05) is 10.0 Å². The van der Waals surface area contributed by atoms with Gasteiger partial charge in [-0.2, -0.15) is 0 Å². The molecule has 0 saturated carbocycles. The van der Waals surface area contributed by atoms with Gasteiger partial charge in [-0.3, -0.25) is 4.79 Å². The van der Waals surface area contributed by atoms with Gasteiger partial charge in [-0.15, -0.1) is 0 Å². The topological polar surface area (TPSA) is 52.6 Å². The van der Waals surface area contributed by atoms with E-state index in [2.05, 4.69) is 58.4 Å². The molecule has 2 aromatic carbocycles. The molecule has 4 nitrogen and oxygen atoms in total. The zero-order valence-corrected chi connectivity index (χ0v) is 19.8. The summed E-state index contributed by atoms with van der Waals surface area (Å²) in [7, 11) is 1.34. The van der Waals surface area contributed by atoms with E-state index in [1.807, 2.05) is 6.07 Å². The Kier molecular flexibility index (Phi) is 6.49. The number of esters is 1. The maximum Gasteiger partial charge on any atom is 0.337 e. The molecule has 0 aromatic heterocycles. The largest absolute Gasteiger partial charge is 0.484 e. The Labute approximate surface area is 187 Å². The quantitative estimate of drug-likeness (QED) is 0.269. The first-order valence-electron chi connectivity index (χ1n) is 9.09. The maximum atomic E-state index is 12.8. The van der Waals surface area contributed by atoms with E-state index in [0.29, 0.717) is 16.9 Å². The molecule has 0 aliphatic heterocycles. The Morgan fingerprint density at radius 2 is 1.96 bits per heavy atom. The van der Waals surface area contributed by atoms with E-state index in [1.165, 1.54) is 18.2 Å². The molecule has 1 aliphatic carbocycles. The highest BCUT2D eigenvalue weighted by Gasteiger charge is 2.29. The monoisotopic (exact) mass is 556 g/mol. The number of ketones is 1. The van der Waals surface area contributed by atoms with Gasteiger partial charge in [0.05, 0.1) is 16.2 Å². The van der Waals surface area contributed by atoms with Crippen molar-refractivity contribution in [3.05, 3.63) is 60.6 Å². The molecule has 1 aliphatic rings. The van der Waals surface area contributed by atoms with Crippen molar-refractivity contribution in [2.75, 3.05) is 13.7 Å². The van der Waals surface area contributed by atoms with Crippen molar-refractivity contribution in [1.82, 2.24) is 0 Å². The summed E-state index contributed by atoms with van der Waals surface area (Å²) in [6, 6.07) is 9.10. The molecule has 0 heterocycles. The number of methoxy groups -OCH3 is 1. The number of aryl methyl sites for hydroxylation is 1. The highest BCUT2D eigenvalue weighted by molar-refractivity contribution is 14.1. The third-order valence-corrected chi connectivity index (χ3v) is 6.68. The van der Waals surface area contributed by atoms with Gasteiger partial charge < -0.3 is 9.47 Å². The molecule has 0 amide bonds. The van der Waals surface area contributed by atoms with Crippen molar-refractivity contribution < 1.29 is 19.1 Å². The van der Waals surface area contributed by atoms with Gasteiger partial charge >= 0.3 is 5.97 Å². The Hall–Kier alpha value is -1.41. The van der Waals surface area contributed by atoms with E-state index >= 15 is 0 Å². The number of fused-ring (bicyclic) bond motifs is 1. The van der Waals surface area contributed by atoms with Gasteiger partial charge in [-0.05, 0) is 88.7 Å². The summed E-state index contributed by atoms with van der Waals surface area (Å²) in [4.78, 5) is 24.4. The van der Waals surface area contributed by atoms with E-state index in [4.69, 9.17) is 9.47 Å². The summed E-state index contributed by atoms with van der Waals surface area (Å²) in [6.07, 6.45) is 3.29. The van der Waals surface area contributed by atoms with Crippen LogP contribution in [0.15, 0.2) is 34.8 Å². The predicted octanol–water partition coefficient (Wildman–Crippen LogP) is 5.72. The third-order valence-electron chi connectivity index (χ3n) is 5.18. The summed E-state index contributed by atoms with van der Waals surface area (Å²) in [5.41, 5.74) is 3.80. The van der Waals surface area contributed by atoms with Crippen LogP contribution in [0.1, 0.15) is 58.5 Å². The van der Waals surface area contributed by atoms with Gasteiger partial charge in [0.15, 0.2) is 6.61 Å². The number of ether oxygens (including phenoxy) is 2. The zero-order valence-electron chi connectivity index (χ0n) is 16.1. The van der Waals surface area contributed by atoms with Crippen LogP contribution in [0, 0.1) is 3.57 Å². The summed E-state index contributed by atoms with van der Waals surface area (Å²) in [6.45, 7) is 4.44. The molecule has 0 radical (unpaired) electrons. The molecule has 0 fully saturated rings. The van der Waals surface area contributed by atoms with Crippen molar-refractivity contribution >= 4 is 50.3 Å². The molecule has 0 N–H and O–H groups in total. The van der Waals surface area contributed by atoms with Crippen LogP contribution >= 0.6 is 38.5 Å². The first kappa shape index (κ1) is 21.3. The molecule has 3 rings (SSSR count). The predicted molar refractivity (Wildman–Crippen MR) is 120 cm³/mol. The lowest BCUT2D eigenvalue weighted by molar-refractivity contribution is 0.0600. The summed E-state index contributed by atoms with van der Waals surface area (Å²) in [5, 5.41) is 0. The minimum atomic E-state index is -0.401. The standard InChI is InChI=1S/C22H22BrIO4/c1-22(2)8-4-5-13-9-15(17(23)11-16(13)22)19(25)12-28-20-7-6-14(10-18(20)24)21(26)27-3/h6-7,9-11H,4-5,8,12H2,1-3H3. The normalized spacial score (nSPS) is 14.9. The van der Waals surface area contributed by atoms with Crippen LogP contribution in [0.5, 0.6) is 5.75 Å². The number of Topliss-reactive ketones (excluding diaryl/α,β-unsaturated/α-hetero) is 1. The van der Waals surface area contributed by atoms with Gasteiger partial charge in [0.1, 0.15) is 5.75 Å². The van der Waals surface area contributed by atoms with Crippen molar-refractivity contribution in [2.24, 2.45) is 0 Å². The van der Waals surface area contributed by atoms with Gasteiger partial charge in [0.2, 0.25) is 5.78 Å². The third kappa shape index (κ3) is 4.43. The van der Waals surface area contributed by atoms with Crippen LogP contribution in [0.2, 0.25) is 0 Å². The molecule has 2 aromatic rings. The Morgan fingerprint density at radius 1 is 1.21 bits per heavy atom. The fraction of sp³-hybridized carbons (Fsp3) is 0.364. The number of carbonyl (C=O) groups is 2. The van der Waals surface area contributed by atoms with E-state index in [0.717, 1.165) is 27.3 Å². The highest BCUT2D eigenvalue weighted by atomic mass is 127.